The van der Waals surface area contributed by atoms with E-state index in [4.69, 9.17) is 5.73 Å². The molecule has 0 saturated heterocycles. The fourth-order valence-electron chi connectivity index (χ4n) is 4.64. The Kier molecular flexibility index (Phi) is 6.78. The molecule has 4 rings (SSSR count). The molecule has 2 unspecified atom stereocenters. The Morgan fingerprint density at radius 1 is 1.04 bits per heavy atom. The van der Waals surface area contributed by atoms with Crippen LogP contribution in [0.25, 0.3) is 0 Å². The van der Waals surface area contributed by atoms with E-state index in [0.717, 1.165) is 25.9 Å². The molecule has 0 aromatic carbocycles. The van der Waals surface area contributed by atoms with E-state index in [1.807, 2.05) is 0 Å². The monoisotopic (exact) mass is 410 g/mol. The summed E-state index contributed by atoms with van der Waals surface area (Å²) in [7, 11) is 0. The fourth-order valence-corrected chi connectivity index (χ4v) is 6.08. The SMILES string of the molecule is Cl.NC1C2CCCC1CC(C(=O)N(Cc1cccs1)Cc1cccs1)C2. The molecule has 2 aromatic heterocycles. The van der Waals surface area contributed by atoms with E-state index >= 15 is 0 Å². The van der Waals surface area contributed by atoms with Gasteiger partial charge < -0.3 is 10.6 Å². The highest BCUT2D eigenvalue weighted by Gasteiger charge is 2.41. The number of hydrogen-bond acceptors (Lipinski definition) is 4. The number of rotatable bonds is 5. The molecule has 1 amide bonds. The summed E-state index contributed by atoms with van der Waals surface area (Å²) in [4.78, 5) is 18.0. The summed E-state index contributed by atoms with van der Waals surface area (Å²) in [5, 5.41) is 4.18. The van der Waals surface area contributed by atoms with Crippen molar-refractivity contribution in [3.05, 3.63) is 44.8 Å². The lowest BCUT2D eigenvalue weighted by molar-refractivity contribution is -0.139. The summed E-state index contributed by atoms with van der Waals surface area (Å²) in [6.07, 6.45) is 5.68. The smallest absolute Gasteiger partial charge is 0.226 e. The number of hydrogen-bond donors (Lipinski definition) is 1. The van der Waals surface area contributed by atoms with Crippen LogP contribution in [0.2, 0.25) is 0 Å². The summed E-state index contributed by atoms with van der Waals surface area (Å²) in [6, 6.07) is 8.71. The van der Waals surface area contributed by atoms with E-state index in [-0.39, 0.29) is 18.3 Å². The largest absolute Gasteiger partial charge is 0.332 e. The zero-order chi connectivity index (χ0) is 17.2. The van der Waals surface area contributed by atoms with E-state index in [0.29, 0.717) is 23.8 Å². The molecule has 2 aromatic rings. The maximum Gasteiger partial charge on any atom is 0.226 e. The predicted octanol–water partition coefficient (Wildman–Crippen LogP) is 4.91. The first-order chi connectivity index (χ1) is 12.2. The zero-order valence-electron chi connectivity index (χ0n) is 14.9. The molecule has 2 aliphatic carbocycles. The summed E-state index contributed by atoms with van der Waals surface area (Å²) in [6.45, 7) is 1.46. The molecule has 2 fully saturated rings. The second-order valence-corrected chi connectivity index (χ2v) is 9.61. The van der Waals surface area contributed by atoms with Crippen molar-refractivity contribution in [1.29, 1.82) is 0 Å². The van der Waals surface area contributed by atoms with Gasteiger partial charge in [0.2, 0.25) is 5.91 Å². The van der Waals surface area contributed by atoms with E-state index < -0.39 is 0 Å². The van der Waals surface area contributed by atoms with Crippen LogP contribution in [0.1, 0.15) is 41.9 Å². The number of thiophene rings is 2. The average Bonchev–Trinajstić information content (AvgIpc) is 3.27. The summed E-state index contributed by atoms with van der Waals surface area (Å²) >= 11 is 3.47. The van der Waals surface area contributed by atoms with Crippen LogP contribution in [0.15, 0.2) is 35.0 Å². The van der Waals surface area contributed by atoms with Crippen molar-refractivity contribution in [1.82, 2.24) is 4.90 Å². The second kappa shape index (κ2) is 8.87. The third-order valence-corrected chi connectivity index (χ3v) is 7.65. The Morgan fingerprint density at radius 2 is 1.58 bits per heavy atom. The minimum atomic E-state index is 0. The van der Waals surface area contributed by atoms with Crippen LogP contribution in [-0.2, 0) is 17.9 Å². The van der Waals surface area contributed by atoms with E-state index in [1.54, 1.807) is 22.7 Å². The van der Waals surface area contributed by atoms with Crippen molar-refractivity contribution < 1.29 is 4.79 Å². The molecule has 2 bridgehead atoms. The van der Waals surface area contributed by atoms with Gasteiger partial charge in [0.15, 0.2) is 0 Å². The Balaban J connectivity index is 0.00000196. The van der Waals surface area contributed by atoms with Crippen molar-refractivity contribution >= 4 is 41.0 Å². The van der Waals surface area contributed by atoms with E-state index in [1.165, 1.54) is 29.0 Å². The molecule has 2 N–H and O–H groups in total. The highest BCUT2D eigenvalue weighted by Crippen LogP contribution is 2.42. The summed E-state index contributed by atoms with van der Waals surface area (Å²) < 4.78 is 0. The molecule has 2 heterocycles. The zero-order valence-corrected chi connectivity index (χ0v) is 17.3. The van der Waals surface area contributed by atoms with Crippen LogP contribution in [0.3, 0.4) is 0 Å². The maximum absolute atomic E-state index is 13.4. The van der Waals surface area contributed by atoms with Crippen LogP contribution >= 0.6 is 35.1 Å². The maximum atomic E-state index is 13.4. The molecule has 2 aliphatic rings. The van der Waals surface area contributed by atoms with Gasteiger partial charge in [-0.25, -0.2) is 0 Å². The molecule has 0 aliphatic heterocycles. The first-order valence-electron chi connectivity index (χ1n) is 9.30. The van der Waals surface area contributed by atoms with Gasteiger partial charge in [-0.1, -0.05) is 18.6 Å². The molecule has 0 spiro atoms. The van der Waals surface area contributed by atoms with Gasteiger partial charge in [-0.3, -0.25) is 4.79 Å². The van der Waals surface area contributed by atoms with E-state index in [9.17, 15) is 4.79 Å². The minimum absolute atomic E-state index is 0. The van der Waals surface area contributed by atoms with Crippen molar-refractivity contribution in [2.75, 3.05) is 0 Å². The Hall–Kier alpha value is -0.880. The fraction of sp³-hybridized carbons (Fsp3) is 0.550. The highest BCUT2D eigenvalue weighted by molar-refractivity contribution is 7.10. The average molecular weight is 411 g/mol. The third-order valence-electron chi connectivity index (χ3n) is 5.93. The van der Waals surface area contributed by atoms with Gasteiger partial charge in [0.05, 0.1) is 13.1 Å². The van der Waals surface area contributed by atoms with Crippen LogP contribution in [0.5, 0.6) is 0 Å². The van der Waals surface area contributed by atoms with Crippen molar-refractivity contribution in [3.63, 3.8) is 0 Å². The quantitative estimate of drug-likeness (QED) is 0.760. The van der Waals surface area contributed by atoms with Crippen molar-refractivity contribution in [3.8, 4) is 0 Å². The summed E-state index contributed by atoms with van der Waals surface area (Å²) in [5.41, 5.74) is 6.42. The van der Waals surface area contributed by atoms with Gasteiger partial charge in [0, 0.05) is 21.7 Å². The number of amides is 1. The van der Waals surface area contributed by atoms with Crippen LogP contribution in [0, 0.1) is 17.8 Å². The summed E-state index contributed by atoms with van der Waals surface area (Å²) in [5.74, 6) is 1.60. The molecule has 2 saturated carbocycles. The topological polar surface area (TPSA) is 46.3 Å². The van der Waals surface area contributed by atoms with Gasteiger partial charge in [-0.2, -0.15) is 0 Å². The molecule has 0 radical (unpaired) electrons. The molecule has 26 heavy (non-hydrogen) atoms. The van der Waals surface area contributed by atoms with Crippen LogP contribution in [0.4, 0.5) is 0 Å². The first-order valence-corrected chi connectivity index (χ1v) is 11.1. The molecule has 3 nitrogen and oxygen atoms in total. The number of carbonyl (C=O) groups is 1. The predicted molar refractivity (Wildman–Crippen MR) is 112 cm³/mol. The number of carbonyl (C=O) groups excluding carboxylic acids is 1. The van der Waals surface area contributed by atoms with Crippen LogP contribution < -0.4 is 5.73 Å². The number of fused-ring (bicyclic) bond motifs is 2. The van der Waals surface area contributed by atoms with Gasteiger partial charge in [0.1, 0.15) is 0 Å². The van der Waals surface area contributed by atoms with Gasteiger partial charge in [-0.15, -0.1) is 35.1 Å². The van der Waals surface area contributed by atoms with Crippen molar-refractivity contribution in [2.24, 2.45) is 23.5 Å². The second-order valence-electron chi connectivity index (χ2n) is 7.55. The first kappa shape index (κ1) is 19.9. The molecular formula is C20H27ClN2OS2. The van der Waals surface area contributed by atoms with Crippen molar-refractivity contribution in [2.45, 2.75) is 51.2 Å². The normalized spacial score (nSPS) is 27.6. The standard InChI is InChI=1S/C20H26N2OS2.ClH/c21-19-14-4-1-5-15(19)11-16(10-14)20(23)22(12-17-6-2-8-24-17)13-18-7-3-9-25-18;/h2-3,6-9,14-16,19H,1,4-5,10-13,21H2;1H. The van der Waals surface area contributed by atoms with Gasteiger partial charge in [0.25, 0.3) is 0 Å². The third kappa shape index (κ3) is 4.33. The molecular weight excluding hydrogens is 384 g/mol. The molecule has 142 valence electrons. The Morgan fingerprint density at radius 3 is 2.04 bits per heavy atom. The van der Waals surface area contributed by atoms with Gasteiger partial charge in [-0.05, 0) is 60.4 Å². The lowest BCUT2D eigenvalue weighted by Gasteiger charge is -2.44. The molecule has 2 atom stereocenters. The Bertz CT molecular complexity index is 638. The van der Waals surface area contributed by atoms with Crippen LogP contribution in [-0.4, -0.2) is 16.8 Å². The van der Waals surface area contributed by atoms with E-state index in [2.05, 4.69) is 39.9 Å². The Labute approximate surface area is 170 Å². The minimum Gasteiger partial charge on any atom is -0.332 e. The number of nitrogens with zero attached hydrogens (tertiary/aromatic N) is 1. The lowest BCUT2D eigenvalue weighted by Crippen LogP contribution is -2.49. The molecule has 6 heteroatoms. The number of halogens is 1. The lowest BCUT2D eigenvalue weighted by atomic mass is 9.65. The van der Waals surface area contributed by atoms with Gasteiger partial charge >= 0.3 is 0 Å². The number of nitrogens with two attached hydrogens (primary N) is 1. The highest BCUT2D eigenvalue weighted by atomic mass is 35.5.